The minimum absolute atomic E-state index is 0.1000. The van der Waals surface area contributed by atoms with E-state index < -0.39 is 0 Å². The second-order valence-electron chi connectivity index (χ2n) is 6.21. The molecule has 0 unspecified atom stereocenters. The Kier molecular flexibility index (Phi) is 4.58. The van der Waals surface area contributed by atoms with Crippen LogP contribution >= 0.6 is 11.6 Å². The number of hydrogen-bond donors (Lipinski definition) is 2. The summed E-state index contributed by atoms with van der Waals surface area (Å²) >= 11 is 5.86. The fourth-order valence-electron chi connectivity index (χ4n) is 2.72. The Balaban J connectivity index is 1.49. The van der Waals surface area contributed by atoms with Gasteiger partial charge in [-0.05, 0) is 49.4 Å². The molecule has 0 aromatic heterocycles. The van der Waals surface area contributed by atoms with Crippen molar-refractivity contribution in [1.29, 1.82) is 0 Å². The molecule has 2 amide bonds. The molecule has 1 aliphatic carbocycles. The molecule has 0 bridgehead atoms. The Morgan fingerprint density at radius 2 is 1.74 bits per heavy atom. The SMILES string of the molecule is Cc1ccc(C2(NC(=O)NCCc3ccc(Cl)cc3)CC2)cc1. The first kappa shape index (κ1) is 15.9. The molecule has 120 valence electrons. The standard InChI is InChI=1S/C19H21ClN2O/c1-14-2-6-16(7-3-14)19(11-12-19)22-18(23)21-13-10-15-4-8-17(20)9-5-15/h2-9H,10-13H2,1H3,(H2,21,22,23). The minimum Gasteiger partial charge on any atom is -0.338 e. The van der Waals surface area contributed by atoms with Crippen molar-refractivity contribution >= 4 is 17.6 Å². The first-order valence-corrected chi connectivity index (χ1v) is 8.33. The molecule has 2 aromatic rings. The van der Waals surface area contributed by atoms with Crippen LogP contribution in [0.4, 0.5) is 4.79 Å². The molecule has 2 N–H and O–H groups in total. The zero-order valence-corrected chi connectivity index (χ0v) is 14.0. The molecule has 3 nitrogen and oxygen atoms in total. The maximum Gasteiger partial charge on any atom is 0.315 e. The summed E-state index contributed by atoms with van der Waals surface area (Å²) in [6.07, 6.45) is 2.80. The van der Waals surface area contributed by atoms with E-state index in [0.29, 0.717) is 6.54 Å². The number of urea groups is 1. The monoisotopic (exact) mass is 328 g/mol. The van der Waals surface area contributed by atoms with E-state index in [9.17, 15) is 4.79 Å². The predicted octanol–water partition coefficient (Wildman–Crippen LogP) is 4.18. The summed E-state index contributed by atoms with van der Waals surface area (Å²) in [7, 11) is 0. The van der Waals surface area contributed by atoms with Crippen molar-refractivity contribution in [2.75, 3.05) is 6.54 Å². The fourth-order valence-corrected chi connectivity index (χ4v) is 2.84. The molecular formula is C19H21ClN2O. The Labute approximate surface area is 142 Å². The van der Waals surface area contributed by atoms with E-state index in [4.69, 9.17) is 11.6 Å². The average Bonchev–Trinajstić information content (AvgIpc) is 3.30. The fraction of sp³-hybridized carbons (Fsp3) is 0.316. The molecule has 1 fully saturated rings. The zero-order chi connectivity index (χ0) is 16.3. The van der Waals surface area contributed by atoms with E-state index in [1.807, 2.05) is 24.3 Å². The summed E-state index contributed by atoms with van der Waals surface area (Å²) in [5.74, 6) is 0. The van der Waals surface area contributed by atoms with Crippen molar-refractivity contribution in [2.24, 2.45) is 0 Å². The van der Waals surface area contributed by atoms with E-state index in [1.165, 1.54) is 11.1 Å². The van der Waals surface area contributed by atoms with Gasteiger partial charge < -0.3 is 10.6 Å². The van der Waals surface area contributed by atoms with Crippen molar-refractivity contribution in [1.82, 2.24) is 10.6 Å². The topological polar surface area (TPSA) is 41.1 Å². The van der Waals surface area contributed by atoms with Gasteiger partial charge in [0, 0.05) is 11.6 Å². The highest BCUT2D eigenvalue weighted by atomic mass is 35.5. The van der Waals surface area contributed by atoms with Gasteiger partial charge in [0.05, 0.1) is 5.54 Å². The van der Waals surface area contributed by atoms with Crippen LogP contribution in [-0.4, -0.2) is 12.6 Å². The zero-order valence-electron chi connectivity index (χ0n) is 13.2. The molecule has 2 aromatic carbocycles. The summed E-state index contributed by atoms with van der Waals surface area (Å²) in [4.78, 5) is 12.1. The van der Waals surface area contributed by atoms with Gasteiger partial charge in [0.15, 0.2) is 0 Å². The van der Waals surface area contributed by atoms with Gasteiger partial charge in [-0.2, -0.15) is 0 Å². The highest BCUT2D eigenvalue weighted by Gasteiger charge is 2.45. The number of halogens is 1. The van der Waals surface area contributed by atoms with Crippen LogP contribution in [0.2, 0.25) is 5.02 Å². The van der Waals surface area contributed by atoms with Gasteiger partial charge in [-0.3, -0.25) is 0 Å². The number of nitrogens with one attached hydrogen (secondary N) is 2. The van der Waals surface area contributed by atoms with Crippen LogP contribution < -0.4 is 10.6 Å². The third-order valence-corrected chi connectivity index (χ3v) is 4.57. The molecule has 0 spiro atoms. The molecule has 4 heteroatoms. The van der Waals surface area contributed by atoms with Crippen molar-refractivity contribution in [3.63, 3.8) is 0 Å². The van der Waals surface area contributed by atoms with E-state index >= 15 is 0 Å². The van der Waals surface area contributed by atoms with E-state index in [-0.39, 0.29) is 11.6 Å². The molecular weight excluding hydrogens is 308 g/mol. The molecule has 23 heavy (non-hydrogen) atoms. The number of amides is 2. The van der Waals surface area contributed by atoms with Gasteiger partial charge in [0.25, 0.3) is 0 Å². The Morgan fingerprint density at radius 1 is 1.09 bits per heavy atom. The van der Waals surface area contributed by atoms with Gasteiger partial charge in [-0.25, -0.2) is 4.79 Å². The highest BCUT2D eigenvalue weighted by molar-refractivity contribution is 6.30. The molecule has 0 aliphatic heterocycles. The quantitative estimate of drug-likeness (QED) is 0.849. The summed E-state index contributed by atoms with van der Waals surface area (Å²) in [6.45, 7) is 2.68. The highest BCUT2D eigenvalue weighted by Crippen LogP contribution is 2.45. The largest absolute Gasteiger partial charge is 0.338 e. The lowest BCUT2D eigenvalue weighted by molar-refractivity contribution is 0.236. The maximum absolute atomic E-state index is 12.1. The molecule has 0 radical (unpaired) electrons. The number of benzene rings is 2. The summed E-state index contributed by atoms with van der Waals surface area (Å²) in [5, 5.41) is 6.80. The van der Waals surface area contributed by atoms with Crippen LogP contribution in [0.3, 0.4) is 0 Å². The molecule has 0 saturated heterocycles. The predicted molar refractivity (Wildman–Crippen MR) is 93.8 cm³/mol. The first-order chi connectivity index (χ1) is 11.1. The number of hydrogen-bond acceptors (Lipinski definition) is 1. The van der Waals surface area contributed by atoms with Gasteiger partial charge in [-0.15, -0.1) is 0 Å². The Bertz CT molecular complexity index is 676. The maximum atomic E-state index is 12.1. The lowest BCUT2D eigenvalue weighted by Gasteiger charge is -2.18. The number of rotatable bonds is 5. The van der Waals surface area contributed by atoms with Crippen LogP contribution in [0.1, 0.15) is 29.5 Å². The second-order valence-corrected chi connectivity index (χ2v) is 6.64. The van der Waals surface area contributed by atoms with Crippen LogP contribution in [0.5, 0.6) is 0 Å². The van der Waals surface area contributed by atoms with Crippen molar-refractivity contribution in [3.05, 3.63) is 70.2 Å². The molecule has 0 heterocycles. The first-order valence-electron chi connectivity index (χ1n) is 7.95. The van der Waals surface area contributed by atoms with Crippen LogP contribution in [0.15, 0.2) is 48.5 Å². The molecule has 1 saturated carbocycles. The van der Waals surface area contributed by atoms with E-state index in [0.717, 1.165) is 29.8 Å². The van der Waals surface area contributed by atoms with Crippen molar-refractivity contribution in [2.45, 2.75) is 31.7 Å². The molecule has 3 rings (SSSR count). The van der Waals surface area contributed by atoms with Gasteiger partial charge in [0.2, 0.25) is 0 Å². The second kappa shape index (κ2) is 6.63. The lowest BCUT2D eigenvalue weighted by atomic mass is 10.0. The third kappa shape index (κ3) is 4.05. The number of carbonyl (C=O) groups excluding carboxylic acids is 1. The summed E-state index contributed by atoms with van der Waals surface area (Å²) in [5.41, 5.74) is 3.42. The Morgan fingerprint density at radius 3 is 2.35 bits per heavy atom. The van der Waals surface area contributed by atoms with Crippen molar-refractivity contribution < 1.29 is 4.79 Å². The van der Waals surface area contributed by atoms with E-state index in [2.05, 4.69) is 41.8 Å². The average molecular weight is 329 g/mol. The number of aryl methyl sites for hydroxylation is 1. The summed E-state index contributed by atoms with van der Waals surface area (Å²) in [6, 6.07) is 16.0. The minimum atomic E-state index is -0.169. The smallest absolute Gasteiger partial charge is 0.315 e. The van der Waals surface area contributed by atoms with Crippen molar-refractivity contribution in [3.8, 4) is 0 Å². The van der Waals surface area contributed by atoms with Gasteiger partial charge in [0.1, 0.15) is 0 Å². The van der Waals surface area contributed by atoms with Gasteiger partial charge >= 0.3 is 6.03 Å². The molecule has 0 atom stereocenters. The van der Waals surface area contributed by atoms with Gasteiger partial charge in [-0.1, -0.05) is 53.6 Å². The van der Waals surface area contributed by atoms with Crippen LogP contribution in [-0.2, 0) is 12.0 Å². The normalized spacial score (nSPS) is 15.0. The van der Waals surface area contributed by atoms with E-state index in [1.54, 1.807) is 0 Å². The Hall–Kier alpha value is -2.00. The third-order valence-electron chi connectivity index (χ3n) is 4.32. The number of carbonyl (C=O) groups is 1. The van der Waals surface area contributed by atoms with Crippen LogP contribution in [0, 0.1) is 6.92 Å². The lowest BCUT2D eigenvalue weighted by Crippen LogP contribution is -2.42. The van der Waals surface area contributed by atoms with Crippen LogP contribution in [0.25, 0.3) is 0 Å². The molecule has 1 aliphatic rings. The summed E-state index contributed by atoms with van der Waals surface area (Å²) < 4.78 is 0.